The third-order valence-corrected chi connectivity index (χ3v) is 5.04. The lowest BCUT2D eigenvalue weighted by atomic mass is 9.77. The first-order chi connectivity index (χ1) is 6.77. The van der Waals surface area contributed by atoms with Crippen LogP contribution in [0, 0.1) is 29.6 Å². The maximum Gasteiger partial charge on any atom is 0.306 e. The number of rotatable bonds is 1. The Labute approximate surface area is 84.7 Å². The second-order valence-corrected chi connectivity index (χ2v) is 5.44. The summed E-state index contributed by atoms with van der Waals surface area (Å²) in [5, 5.41) is 9.18. The molecule has 78 valence electrons. The molecule has 0 aliphatic heterocycles. The molecule has 3 saturated carbocycles. The first-order valence-corrected chi connectivity index (χ1v) is 6.00. The van der Waals surface area contributed by atoms with E-state index < -0.39 is 5.97 Å². The minimum Gasteiger partial charge on any atom is -0.481 e. The molecule has 0 aromatic heterocycles. The van der Waals surface area contributed by atoms with Crippen molar-refractivity contribution in [2.45, 2.75) is 38.5 Å². The SMILES string of the molecule is O=C(O)C1CCC2CC1C1CCCC21. The summed E-state index contributed by atoms with van der Waals surface area (Å²) in [5.74, 6) is 2.59. The third kappa shape index (κ3) is 1.06. The van der Waals surface area contributed by atoms with Gasteiger partial charge in [-0.3, -0.25) is 4.79 Å². The maximum atomic E-state index is 11.1. The number of hydrogen-bond acceptors (Lipinski definition) is 1. The van der Waals surface area contributed by atoms with Crippen LogP contribution in [0.1, 0.15) is 38.5 Å². The summed E-state index contributed by atoms with van der Waals surface area (Å²) in [5.41, 5.74) is 0. The van der Waals surface area contributed by atoms with Crippen molar-refractivity contribution in [2.75, 3.05) is 0 Å². The number of aliphatic carboxylic acids is 1. The minimum atomic E-state index is -0.527. The van der Waals surface area contributed by atoms with E-state index >= 15 is 0 Å². The highest BCUT2D eigenvalue weighted by Crippen LogP contribution is 2.58. The largest absolute Gasteiger partial charge is 0.481 e. The van der Waals surface area contributed by atoms with Crippen molar-refractivity contribution in [1.29, 1.82) is 0 Å². The van der Waals surface area contributed by atoms with Gasteiger partial charge in [0, 0.05) is 0 Å². The summed E-state index contributed by atoms with van der Waals surface area (Å²) in [6, 6.07) is 0. The molecule has 2 heteroatoms. The molecule has 1 N–H and O–H groups in total. The van der Waals surface area contributed by atoms with E-state index in [0.29, 0.717) is 5.92 Å². The van der Waals surface area contributed by atoms with Gasteiger partial charge >= 0.3 is 5.97 Å². The van der Waals surface area contributed by atoms with Crippen LogP contribution in [0.2, 0.25) is 0 Å². The predicted octanol–water partition coefficient (Wildman–Crippen LogP) is 2.53. The van der Waals surface area contributed by atoms with E-state index in [2.05, 4.69) is 0 Å². The van der Waals surface area contributed by atoms with Gasteiger partial charge in [0.2, 0.25) is 0 Å². The monoisotopic (exact) mass is 194 g/mol. The van der Waals surface area contributed by atoms with Gasteiger partial charge in [-0.05, 0) is 55.8 Å². The number of carboxylic acid groups (broad SMARTS) is 1. The first-order valence-electron chi connectivity index (χ1n) is 6.00. The van der Waals surface area contributed by atoms with Gasteiger partial charge in [0.05, 0.1) is 5.92 Å². The second-order valence-electron chi connectivity index (χ2n) is 5.44. The Balaban J connectivity index is 1.86. The molecule has 14 heavy (non-hydrogen) atoms. The summed E-state index contributed by atoms with van der Waals surface area (Å²) in [4.78, 5) is 11.1. The van der Waals surface area contributed by atoms with Crippen LogP contribution >= 0.6 is 0 Å². The van der Waals surface area contributed by atoms with E-state index in [9.17, 15) is 9.90 Å². The van der Waals surface area contributed by atoms with E-state index in [1.165, 1.54) is 32.1 Å². The van der Waals surface area contributed by atoms with Crippen molar-refractivity contribution in [3.63, 3.8) is 0 Å². The summed E-state index contributed by atoms with van der Waals surface area (Å²) >= 11 is 0. The topological polar surface area (TPSA) is 37.3 Å². The highest BCUT2D eigenvalue weighted by molar-refractivity contribution is 5.70. The Morgan fingerprint density at radius 1 is 1.00 bits per heavy atom. The minimum absolute atomic E-state index is 0.000602. The number of carbonyl (C=O) groups is 1. The van der Waals surface area contributed by atoms with Crippen LogP contribution in [0.3, 0.4) is 0 Å². The summed E-state index contributed by atoms with van der Waals surface area (Å²) in [6.07, 6.45) is 7.43. The van der Waals surface area contributed by atoms with Gasteiger partial charge in [0.15, 0.2) is 0 Å². The van der Waals surface area contributed by atoms with Gasteiger partial charge in [0.1, 0.15) is 0 Å². The maximum absolute atomic E-state index is 11.1. The average molecular weight is 194 g/mol. The van der Waals surface area contributed by atoms with Gasteiger partial charge in [-0.2, -0.15) is 0 Å². The molecule has 0 amide bonds. The van der Waals surface area contributed by atoms with Crippen LogP contribution in [0.5, 0.6) is 0 Å². The fourth-order valence-corrected chi connectivity index (χ4v) is 4.54. The van der Waals surface area contributed by atoms with Crippen LogP contribution in [0.25, 0.3) is 0 Å². The standard InChI is InChI=1S/C12H18O2/c13-12(14)10-5-4-7-6-11(10)9-3-1-2-8(7)9/h7-11H,1-6H2,(H,13,14). The van der Waals surface area contributed by atoms with E-state index in [1.807, 2.05) is 0 Å². The van der Waals surface area contributed by atoms with Crippen molar-refractivity contribution in [3.8, 4) is 0 Å². The van der Waals surface area contributed by atoms with Gasteiger partial charge < -0.3 is 5.11 Å². The van der Waals surface area contributed by atoms with E-state index in [-0.39, 0.29) is 5.92 Å². The lowest BCUT2D eigenvalue weighted by molar-refractivity contribution is -0.145. The molecule has 3 fully saturated rings. The molecule has 0 aromatic carbocycles. The molecule has 0 spiro atoms. The first kappa shape index (κ1) is 8.75. The van der Waals surface area contributed by atoms with Crippen molar-refractivity contribution in [2.24, 2.45) is 29.6 Å². The van der Waals surface area contributed by atoms with Crippen molar-refractivity contribution >= 4 is 5.97 Å². The molecular weight excluding hydrogens is 176 g/mol. The molecule has 5 unspecified atom stereocenters. The normalized spacial score (nSPS) is 50.4. The smallest absolute Gasteiger partial charge is 0.306 e. The molecule has 3 aliphatic rings. The molecule has 2 bridgehead atoms. The highest BCUT2D eigenvalue weighted by atomic mass is 16.4. The fourth-order valence-electron chi connectivity index (χ4n) is 4.54. The third-order valence-electron chi connectivity index (χ3n) is 5.04. The zero-order chi connectivity index (χ0) is 9.71. The van der Waals surface area contributed by atoms with Gasteiger partial charge in [-0.15, -0.1) is 0 Å². The average Bonchev–Trinajstić information content (AvgIpc) is 2.71. The lowest BCUT2D eigenvalue weighted by Crippen LogP contribution is -2.28. The quantitative estimate of drug-likeness (QED) is 0.696. The Bertz CT molecular complexity index is 261. The number of fused-ring (bicyclic) bond motifs is 5. The molecule has 0 saturated heterocycles. The number of hydrogen-bond donors (Lipinski definition) is 1. The lowest BCUT2D eigenvalue weighted by Gasteiger charge is -2.27. The van der Waals surface area contributed by atoms with Crippen molar-refractivity contribution in [1.82, 2.24) is 0 Å². The van der Waals surface area contributed by atoms with Gasteiger partial charge in [-0.25, -0.2) is 0 Å². The molecule has 2 nitrogen and oxygen atoms in total. The van der Waals surface area contributed by atoms with Gasteiger partial charge in [0.25, 0.3) is 0 Å². The van der Waals surface area contributed by atoms with Crippen LogP contribution in [0.4, 0.5) is 0 Å². The van der Waals surface area contributed by atoms with E-state index in [0.717, 1.165) is 24.2 Å². The highest BCUT2D eigenvalue weighted by Gasteiger charge is 2.52. The Hall–Kier alpha value is -0.530. The zero-order valence-electron chi connectivity index (χ0n) is 8.48. The van der Waals surface area contributed by atoms with Gasteiger partial charge in [-0.1, -0.05) is 6.42 Å². The van der Waals surface area contributed by atoms with Crippen molar-refractivity contribution < 1.29 is 9.90 Å². The molecule has 3 rings (SSSR count). The van der Waals surface area contributed by atoms with Crippen LogP contribution in [-0.4, -0.2) is 11.1 Å². The summed E-state index contributed by atoms with van der Waals surface area (Å²) in [6.45, 7) is 0. The predicted molar refractivity (Wildman–Crippen MR) is 52.8 cm³/mol. The summed E-state index contributed by atoms with van der Waals surface area (Å²) in [7, 11) is 0. The molecule has 0 aromatic rings. The van der Waals surface area contributed by atoms with Crippen molar-refractivity contribution in [3.05, 3.63) is 0 Å². The molecular formula is C12H18O2. The molecule has 0 heterocycles. The Kier molecular flexibility index (Phi) is 1.86. The summed E-state index contributed by atoms with van der Waals surface area (Å²) < 4.78 is 0. The molecule has 0 radical (unpaired) electrons. The second kappa shape index (κ2) is 2.98. The Morgan fingerprint density at radius 3 is 2.57 bits per heavy atom. The molecule has 3 aliphatic carbocycles. The Morgan fingerprint density at radius 2 is 1.79 bits per heavy atom. The van der Waals surface area contributed by atoms with Crippen LogP contribution < -0.4 is 0 Å². The zero-order valence-corrected chi connectivity index (χ0v) is 8.48. The fraction of sp³-hybridized carbons (Fsp3) is 0.917. The van der Waals surface area contributed by atoms with E-state index in [1.54, 1.807) is 0 Å². The number of carboxylic acids is 1. The van der Waals surface area contributed by atoms with Crippen LogP contribution in [-0.2, 0) is 4.79 Å². The van der Waals surface area contributed by atoms with E-state index in [4.69, 9.17) is 0 Å². The van der Waals surface area contributed by atoms with Crippen LogP contribution in [0.15, 0.2) is 0 Å². The molecule has 5 atom stereocenters.